The van der Waals surface area contributed by atoms with Gasteiger partial charge in [0.25, 0.3) is 0 Å². The van der Waals surface area contributed by atoms with E-state index in [1.807, 2.05) is 0 Å². The van der Waals surface area contributed by atoms with Crippen molar-refractivity contribution in [2.24, 2.45) is 5.41 Å². The van der Waals surface area contributed by atoms with Gasteiger partial charge in [-0.1, -0.05) is 54.7 Å². The molecular formula is C9H8Br5Cl. The van der Waals surface area contributed by atoms with Crippen molar-refractivity contribution in [1.29, 1.82) is 0 Å². The SMILES string of the molecule is CC1(CCCl)C(Br)=C(Br)C(Br)=C(Br)C1Br. The Bertz CT molecular complexity index is 335. The first-order valence-electron chi connectivity index (χ1n) is 4.17. The van der Waals surface area contributed by atoms with Crippen LogP contribution < -0.4 is 0 Å². The van der Waals surface area contributed by atoms with Gasteiger partial charge in [-0.25, -0.2) is 0 Å². The third-order valence-electron chi connectivity index (χ3n) is 2.49. The average molecular weight is 551 g/mol. The topological polar surface area (TPSA) is 0 Å². The number of hydrogen-bond donors (Lipinski definition) is 0. The summed E-state index contributed by atoms with van der Waals surface area (Å²) in [5.74, 6) is 0.631. The Morgan fingerprint density at radius 3 is 2.20 bits per heavy atom. The Kier molecular flexibility index (Phi) is 5.96. The quantitative estimate of drug-likeness (QED) is 0.349. The van der Waals surface area contributed by atoms with Crippen LogP contribution in [0.15, 0.2) is 17.9 Å². The molecule has 0 aromatic carbocycles. The normalized spacial score (nSPS) is 32.6. The molecule has 2 atom stereocenters. The monoisotopic (exact) mass is 546 g/mol. The Balaban J connectivity index is 3.25. The highest BCUT2D eigenvalue weighted by Gasteiger charge is 2.42. The molecule has 0 saturated carbocycles. The van der Waals surface area contributed by atoms with Crippen LogP contribution in [0.3, 0.4) is 0 Å². The number of hydrogen-bond acceptors (Lipinski definition) is 0. The van der Waals surface area contributed by atoms with E-state index in [-0.39, 0.29) is 10.2 Å². The number of rotatable bonds is 2. The Labute approximate surface area is 137 Å². The van der Waals surface area contributed by atoms with Crippen molar-refractivity contribution in [1.82, 2.24) is 0 Å². The summed E-state index contributed by atoms with van der Waals surface area (Å²) in [6.45, 7) is 2.18. The van der Waals surface area contributed by atoms with E-state index in [0.717, 1.165) is 24.4 Å². The van der Waals surface area contributed by atoms with Crippen molar-refractivity contribution in [3.63, 3.8) is 0 Å². The van der Waals surface area contributed by atoms with Crippen LogP contribution in [0.5, 0.6) is 0 Å². The molecular weight excluding hydrogens is 543 g/mol. The molecule has 0 bridgehead atoms. The second-order valence-corrected chi connectivity index (χ2v) is 8.04. The summed E-state index contributed by atoms with van der Waals surface area (Å²) >= 11 is 23.9. The van der Waals surface area contributed by atoms with Crippen molar-refractivity contribution >= 4 is 91.3 Å². The van der Waals surface area contributed by atoms with Crippen molar-refractivity contribution in [2.75, 3.05) is 5.88 Å². The summed E-state index contributed by atoms with van der Waals surface area (Å²) < 4.78 is 4.30. The average Bonchev–Trinajstić information content (AvgIpc) is 2.22. The highest BCUT2D eigenvalue weighted by atomic mass is 79.9. The summed E-state index contributed by atoms with van der Waals surface area (Å²) in [6, 6.07) is 0. The van der Waals surface area contributed by atoms with Gasteiger partial charge in [0.15, 0.2) is 0 Å². The van der Waals surface area contributed by atoms with E-state index in [2.05, 4.69) is 86.6 Å². The van der Waals surface area contributed by atoms with E-state index in [0.29, 0.717) is 5.88 Å². The molecule has 0 fully saturated rings. The smallest absolute Gasteiger partial charge is 0.0572 e. The van der Waals surface area contributed by atoms with Crippen LogP contribution in [0.4, 0.5) is 0 Å². The maximum absolute atomic E-state index is 5.86. The third kappa shape index (κ3) is 2.78. The fourth-order valence-electron chi connectivity index (χ4n) is 1.39. The number of alkyl halides is 2. The first kappa shape index (κ1) is 15.2. The zero-order valence-electron chi connectivity index (χ0n) is 7.76. The molecule has 6 heteroatoms. The molecule has 2 unspecified atom stereocenters. The molecule has 0 heterocycles. The van der Waals surface area contributed by atoms with E-state index < -0.39 is 0 Å². The van der Waals surface area contributed by atoms with Crippen LogP contribution in [-0.4, -0.2) is 10.7 Å². The largest absolute Gasteiger partial charge is 0.127 e. The van der Waals surface area contributed by atoms with Crippen LogP contribution in [0.25, 0.3) is 0 Å². The van der Waals surface area contributed by atoms with Gasteiger partial charge in [-0.05, 0) is 38.3 Å². The van der Waals surface area contributed by atoms with Gasteiger partial charge in [0.05, 0.1) is 4.83 Å². The zero-order valence-corrected chi connectivity index (χ0v) is 16.4. The highest BCUT2D eigenvalue weighted by molar-refractivity contribution is 9.17. The fraction of sp³-hybridized carbons (Fsp3) is 0.556. The molecule has 0 aliphatic heterocycles. The van der Waals surface area contributed by atoms with Gasteiger partial charge in [-0.15, -0.1) is 11.6 Å². The van der Waals surface area contributed by atoms with E-state index in [1.165, 1.54) is 0 Å². The lowest BCUT2D eigenvalue weighted by Crippen LogP contribution is -2.32. The molecule has 0 aromatic heterocycles. The van der Waals surface area contributed by atoms with Gasteiger partial charge in [-0.2, -0.15) is 0 Å². The van der Waals surface area contributed by atoms with Crippen LogP contribution in [-0.2, 0) is 0 Å². The molecule has 0 spiro atoms. The molecule has 0 aromatic rings. The Hall–Kier alpha value is 2.17. The van der Waals surface area contributed by atoms with Gasteiger partial charge in [0.1, 0.15) is 0 Å². The predicted molar refractivity (Wildman–Crippen MR) is 85.9 cm³/mol. The maximum atomic E-state index is 5.86. The molecule has 86 valence electrons. The molecule has 1 aliphatic rings. The first-order chi connectivity index (χ1) is 6.86. The van der Waals surface area contributed by atoms with Crippen molar-refractivity contribution < 1.29 is 0 Å². The first-order valence-corrected chi connectivity index (χ1v) is 8.79. The second-order valence-electron chi connectivity index (χ2n) is 3.51. The molecule has 0 nitrogen and oxygen atoms in total. The van der Waals surface area contributed by atoms with Crippen LogP contribution >= 0.6 is 91.3 Å². The molecule has 15 heavy (non-hydrogen) atoms. The number of halogens is 6. The van der Waals surface area contributed by atoms with E-state index in [4.69, 9.17) is 11.6 Å². The van der Waals surface area contributed by atoms with Gasteiger partial charge >= 0.3 is 0 Å². The van der Waals surface area contributed by atoms with Gasteiger partial charge < -0.3 is 0 Å². The molecule has 0 saturated heterocycles. The highest BCUT2D eigenvalue weighted by Crippen LogP contribution is 2.55. The lowest BCUT2D eigenvalue weighted by Gasteiger charge is -2.38. The van der Waals surface area contributed by atoms with Crippen LogP contribution in [0.1, 0.15) is 13.3 Å². The second kappa shape index (κ2) is 5.87. The molecule has 0 N–H and O–H groups in total. The minimum Gasteiger partial charge on any atom is -0.127 e. The van der Waals surface area contributed by atoms with Gasteiger partial charge in [0.2, 0.25) is 0 Å². The summed E-state index contributed by atoms with van der Waals surface area (Å²) in [7, 11) is 0. The maximum Gasteiger partial charge on any atom is 0.0572 e. The minimum absolute atomic E-state index is 0.0311. The Morgan fingerprint density at radius 2 is 1.73 bits per heavy atom. The van der Waals surface area contributed by atoms with Crippen LogP contribution in [0, 0.1) is 5.41 Å². The van der Waals surface area contributed by atoms with E-state index >= 15 is 0 Å². The standard InChI is InChI=1S/C9H8Br5Cl/c1-9(2-3-15)7(13)5(11)4(10)6(12)8(9)14/h7H,2-3H2,1H3. The predicted octanol–water partition coefficient (Wildman–Crippen LogP) is 6.40. The van der Waals surface area contributed by atoms with E-state index in [1.54, 1.807) is 0 Å². The molecule has 1 aliphatic carbocycles. The lowest BCUT2D eigenvalue weighted by molar-refractivity contribution is 0.422. The Morgan fingerprint density at radius 1 is 1.20 bits per heavy atom. The van der Waals surface area contributed by atoms with Gasteiger partial charge in [-0.3, -0.25) is 0 Å². The minimum atomic E-state index is -0.0311. The number of allylic oxidation sites excluding steroid dienone is 4. The zero-order chi connectivity index (χ0) is 11.8. The molecule has 1 rings (SSSR count). The van der Waals surface area contributed by atoms with Crippen molar-refractivity contribution in [3.05, 3.63) is 17.9 Å². The summed E-state index contributed by atoms with van der Waals surface area (Å²) in [4.78, 5) is 0.216. The van der Waals surface area contributed by atoms with Crippen molar-refractivity contribution in [2.45, 2.75) is 18.2 Å². The lowest BCUT2D eigenvalue weighted by atomic mass is 9.81. The van der Waals surface area contributed by atoms with Crippen LogP contribution in [0.2, 0.25) is 0 Å². The summed E-state index contributed by atoms with van der Waals surface area (Å²) in [6.07, 6.45) is 0.898. The summed E-state index contributed by atoms with van der Waals surface area (Å²) in [5.41, 5.74) is -0.0311. The van der Waals surface area contributed by atoms with E-state index in [9.17, 15) is 0 Å². The summed E-state index contributed by atoms with van der Waals surface area (Å²) in [5, 5.41) is 0. The fourth-order valence-corrected chi connectivity index (χ4v) is 6.04. The molecule has 0 amide bonds. The third-order valence-corrected chi connectivity index (χ3v) is 10.1. The molecule has 0 radical (unpaired) electrons. The van der Waals surface area contributed by atoms with Crippen molar-refractivity contribution in [3.8, 4) is 0 Å². The van der Waals surface area contributed by atoms with Gasteiger partial charge in [0, 0.05) is 29.2 Å².